The minimum atomic E-state index is 0.0305. The number of aromatic nitrogens is 6. The number of H-pyrrole nitrogens is 1. The van der Waals surface area contributed by atoms with Gasteiger partial charge in [0.25, 0.3) is 5.56 Å². The molecule has 34 heavy (non-hydrogen) atoms. The summed E-state index contributed by atoms with van der Waals surface area (Å²) in [6.45, 7) is 5.05. The van der Waals surface area contributed by atoms with Gasteiger partial charge in [0.2, 0.25) is 0 Å². The van der Waals surface area contributed by atoms with Crippen LogP contribution in [0.2, 0.25) is 0 Å². The lowest BCUT2D eigenvalue weighted by Gasteiger charge is -2.16. The van der Waals surface area contributed by atoms with Gasteiger partial charge < -0.3 is 4.74 Å². The van der Waals surface area contributed by atoms with Gasteiger partial charge in [-0.15, -0.1) is 5.10 Å². The highest BCUT2D eigenvalue weighted by Gasteiger charge is 2.15. The van der Waals surface area contributed by atoms with Crippen LogP contribution in [-0.2, 0) is 24.1 Å². The second-order valence-electron chi connectivity index (χ2n) is 8.32. The monoisotopic (exact) mass is 458 g/mol. The second kappa shape index (κ2) is 11.0. The van der Waals surface area contributed by atoms with Gasteiger partial charge >= 0.3 is 0 Å². The third-order valence-corrected chi connectivity index (χ3v) is 5.99. The Hall–Kier alpha value is -3.65. The van der Waals surface area contributed by atoms with Crippen molar-refractivity contribution in [3.63, 3.8) is 0 Å². The second-order valence-corrected chi connectivity index (χ2v) is 8.32. The smallest absolute Gasteiger partial charge is 0.257 e. The average molecular weight is 459 g/mol. The molecule has 0 bridgehead atoms. The normalized spacial score (nSPS) is 11.1. The Bertz CT molecular complexity index is 1280. The molecule has 0 saturated carbocycles. The first-order valence-electron chi connectivity index (χ1n) is 11.6. The van der Waals surface area contributed by atoms with Crippen molar-refractivity contribution in [1.29, 1.82) is 0 Å². The number of benzene rings is 2. The van der Waals surface area contributed by atoms with Gasteiger partial charge in [0.15, 0.2) is 5.82 Å². The van der Waals surface area contributed by atoms with Crippen molar-refractivity contribution in [2.24, 2.45) is 0 Å². The maximum Gasteiger partial charge on any atom is 0.257 e. The number of rotatable bonds is 10. The van der Waals surface area contributed by atoms with E-state index in [-0.39, 0.29) is 5.56 Å². The van der Waals surface area contributed by atoms with Gasteiger partial charge in [-0.05, 0) is 40.5 Å². The van der Waals surface area contributed by atoms with Crippen molar-refractivity contribution in [3.8, 4) is 22.5 Å². The Morgan fingerprint density at radius 3 is 2.47 bits per heavy atom. The molecule has 0 amide bonds. The molecule has 0 saturated heterocycles. The first-order chi connectivity index (χ1) is 16.6. The minimum Gasteiger partial charge on any atom is -0.384 e. The average Bonchev–Trinajstić information content (AvgIpc) is 3.40. The molecule has 8 nitrogen and oxygen atoms in total. The van der Waals surface area contributed by atoms with Gasteiger partial charge in [-0.2, -0.15) is 0 Å². The summed E-state index contributed by atoms with van der Waals surface area (Å²) in [4.78, 5) is 18.2. The summed E-state index contributed by atoms with van der Waals surface area (Å²) in [5.41, 5.74) is 5.63. The highest BCUT2D eigenvalue weighted by atomic mass is 16.5. The number of aromatic amines is 1. The number of ether oxygens (including phenoxy) is 1. The van der Waals surface area contributed by atoms with Crippen LogP contribution in [0.5, 0.6) is 0 Å². The van der Waals surface area contributed by atoms with Crippen molar-refractivity contribution >= 4 is 0 Å². The fourth-order valence-electron chi connectivity index (χ4n) is 4.12. The zero-order chi connectivity index (χ0) is 23.9. The maximum absolute atomic E-state index is 13.4. The summed E-state index contributed by atoms with van der Waals surface area (Å²) in [5, 5.41) is 14.3. The van der Waals surface area contributed by atoms with Gasteiger partial charge in [0, 0.05) is 36.8 Å². The van der Waals surface area contributed by atoms with Crippen molar-refractivity contribution < 1.29 is 4.74 Å². The summed E-state index contributed by atoms with van der Waals surface area (Å²) >= 11 is 0. The zero-order valence-corrected chi connectivity index (χ0v) is 19.9. The molecule has 1 N–H and O–H groups in total. The largest absolute Gasteiger partial charge is 0.384 e. The van der Waals surface area contributed by atoms with Gasteiger partial charge in [-0.1, -0.05) is 61.9 Å². The number of nitrogens with one attached hydrogen (secondary N) is 1. The third kappa shape index (κ3) is 5.12. The molecule has 0 radical (unpaired) electrons. The summed E-state index contributed by atoms with van der Waals surface area (Å²) < 4.78 is 7.04. The fraction of sp³-hybridized carbons (Fsp3) is 0.346. The summed E-state index contributed by atoms with van der Waals surface area (Å²) in [6, 6.07) is 16.3. The first-order valence-corrected chi connectivity index (χ1v) is 11.6. The van der Waals surface area contributed by atoms with E-state index < -0.39 is 0 Å². The number of unbranched alkanes of at least 4 members (excludes halogenated alkanes) is 1. The van der Waals surface area contributed by atoms with E-state index in [0.717, 1.165) is 58.6 Å². The lowest BCUT2D eigenvalue weighted by molar-refractivity contribution is 0.201. The summed E-state index contributed by atoms with van der Waals surface area (Å²) in [5.74, 6) is 1.47. The molecule has 0 fully saturated rings. The highest BCUT2D eigenvalue weighted by molar-refractivity contribution is 5.80. The number of hydrogen-bond acceptors (Lipinski definition) is 6. The van der Waals surface area contributed by atoms with Crippen LogP contribution in [0.25, 0.3) is 22.5 Å². The molecule has 8 heteroatoms. The molecule has 2 heterocycles. The van der Waals surface area contributed by atoms with Gasteiger partial charge in [-0.25, -0.2) is 10.1 Å². The Labute approximate surface area is 199 Å². The molecule has 0 aliphatic carbocycles. The standard InChI is InChI=1S/C26H30N6O2/c1-4-5-10-24-27-18(2)21(15-16-34-3)26(33)32(24)17-19-11-13-20(14-12-19)22-8-6-7-9-23(22)25-28-30-31-29-25/h6-9,11-14H,4-5,10,15-17H2,1-3H3,(H,28,29,30,31). The van der Waals surface area contributed by atoms with Crippen LogP contribution < -0.4 is 5.56 Å². The summed E-state index contributed by atoms with van der Waals surface area (Å²) in [7, 11) is 1.65. The molecule has 0 unspecified atom stereocenters. The lowest BCUT2D eigenvalue weighted by Crippen LogP contribution is -2.30. The molecule has 0 aliphatic heterocycles. The van der Waals surface area contributed by atoms with Gasteiger partial charge in [-0.3, -0.25) is 9.36 Å². The van der Waals surface area contributed by atoms with E-state index in [1.165, 1.54) is 0 Å². The topological polar surface area (TPSA) is 98.6 Å². The Morgan fingerprint density at radius 2 is 1.79 bits per heavy atom. The molecule has 2 aromatic carbocycles. The number of tetrazole rings is 1. The number of hydrogen-bond donors (Lipinski definition) is 1. The molecular formula is C26H30N6O2. The molecule has 0 spiro atoms. The first kappa shape index (κ1) is 23.5. The van der Waals surface area contributed by atoms with E-state index >= 15 is 0 Å². The highest BCUT2D eigenvalue weighted by Crippen LogP contribution is 2.29. The van der Waals surface area contributed by atoms with Crippen LogP contribution in [0, 0.1) is 6.92 Å². The number of nitrogens with zero attached hydrogens (tertiary/aromatic N) is 5. The van der Waals surface area contributed by atoms with Gasteiger partial charge in [0.1, 0.15) is 5.82 Å². The predicted molar refractivity (Wildman–Crippen MR) is 132 cm³/mol. The number of aryl methyl sites for hydroxylation is 2. The fourth-order valence-corrected chi connectivity index (χ4v) is 4.12. The maximum atomic E-state index is 13.4. The third-order valence-electron chi connectivity index (χ3n) is 5.99. The minimum absolute atomic E-state index is 0.0305. The van der Waals surface area contributed by atoms with E-state index in [2.05, 4.69) is 51.8 Å². The summed E-state index contributed by atoms with van der Waals surface area (Å²) in [6.07, 6.45) is 3.40. The predicted octanol–water partition coefficient (Wildman–Crippen LogP) is 3.98. The van der Waals surface area contributed by atoms with Crippen LogP contribution in [0.3, 0.4) is 0 Å². The van der Waals surface area contributed by atoms with Crippen molar-refractivity contribution in [1.82, 2.24) is 30.2 Å². The number of methoxy groups -OCH3 is 1. The zero-order valence-electron chi connectivity index (χ0n) is 19.9. The van der Waals surface area contributed by atoms with Crippen LogP contribution in [0.1, 0.15) is 42.4 Å². The SMILES string of the molecule is CCCCc1nc(C)c(CCOC)c(=O)n1Cc1ccc(-c2ccccc2-c2nnn[nH]2)cc1. The van der Waals surface area contributed by atoms with E-state index in [1.54, 1.807) is 7.11 Å². The molecule has 4 aromatic rings. The van der Waals surface area contributed by atoms with Crippen molar-refractivity contribution in [3.05, 3.63) is 81.5 Å². The van der Waals surface area contributed by atoms with E-state index in [1.807, 2.05) is 35.8 Å². The van der Waals surface area contributed by atoms with Crippen molar-refractivity contribution in [2.75, 3.05) is 13.7 Å². The van der Waals surface area contributed by atoms with E-state index in [9.17, 15) is 4.79 Å². The van der Waals surface area contributed by atoms with E-state index in [0.29, 0.717) is 25.4 Å². The lowest BCUT2D eigenvalue weighted by atomic mass is 9.98. The Kier molecular flexibility index (Phi) is 7.59. The molecular weight excluding hydrogens is 428 g/mol. The van der Waals surface area contributed by atoms with Crippen molar-refractivity contribution in [2.45, 2.75) is 46.1 Å². The molecule has 0 aliphatic rings. The van der Waals surface area contributed by atoms with E-state index in [4.69, 9.17) is 9.72 Å². The molecule has 4 rings (SSSR count). The molecule has 176 valence electrons. The molecule has 2 aromatic heterocycles. The van der Waals surface area contributed by atoms with Crippen LogP contribution in [-0.4, -0.2) is 43.9 Å². The quantitative estimate of drug-likeness (QED) is 0.386. The van der Waals surface area contributed by atoms with Crippen LogP contribution in [0.15, 0.2) is 53.3 Å². The van der Waals surface area contributed by atoms with Crippen LogP contribution >= 0.6 is 0 Å². The molecule has 0 atom stereocenters. The van der Waals surface area contributed by atoms with Gasteiger partial charge in [0.05, 0.1) is 13.2 Å². The Morgan fingerprint density at radius 1 is 1.03 bits per heavy atom. The Balaban J connectivity index is 1.66. The van der Waals surface area contributed by atoms with Crippen LogP contribution in [0.4, 0.5) is 0 Å².